The van der Waals surface area contributed by atoms with Gasteiger partial charge in [-0.1, -0.05) is 24.3 Å². The van der Waals surface area contributed by atoms with Crippen LogP contribution in [-0.2, 0) is 17.4 Å². The second-order valence-electron chi connectivity index (χ2n) is 2.52. The molecule has 64 valence electrons. The minimum absolute atomic E-state index is 1.30. The first-order valence-electron chi connectivity index (χ1n) is 3.62. The summed E-state index contributed by atoms with van der Waals surface area (Å²) in [6.07, 6.45) is 2.60. The Labute approximate surface area is 71.6 Å². The highest BCUT2D eigenvalue weighted by molar-refractivity contribution is 7.30. The summed E-state index contributed by atoms with van der Waals surface area (Å²) in [5, 5.41) is 0. The molecular weight excluding hydrogens is 175 g/mol. The molecule has 0 aromatic heterocycles. The summed E-state index contributed by atoms with van der Waals surface area (Å²) in [5.41, 5.74) is 3.10. The van der Waals surface area contributed by atoms with Crippen LogP contribution in [0.25, 0.3) is 0 Å². The summed E-state index contributed by atoms with van der Waals surface area (Å²) in [5.74, 6) is 0. The maximum Gasteiger partial charge on any atom is 0.692 e. The molecular formula is C8H10O3P+. The molecule has 0 radical (unpaired) electrons. The van der Waals surface area contributed by atoms with Gasteiger partial charge in [0, 0.05) is 4.57 Å². The molecule has 0 aliphatic heterocycles. The van der Waals surface area contributed by atoms with Crippen molar-refractivity contribution in [1.29, 1.82) is 0 Å². The summed E-state index contributed by atoms with van der Waals surface area (Å²) in [7, 11) is -2.87. The molecule has 0 atom stereocenters. The molecule has 0 heterocycles. The highest BCUT2D eigenvalue weighted by atomic mass is 31.1. The SMILES string of the molecule is O=[P+](O)O.c1ccc2c(c1)CC2. The van der Waals surface area contributed by atoms with Gasteiger partial charge in [0.2, 0.25) is 0 Å². The van der Waals surface area contributed by atoms with Crippen molar-refractivity contribution in [1.82, 2.24) is 0 Å². The van der Waals surface area contributed by atoms with Gasteiger partial charge in [-0.2, -0.15) is 0 Å². The van der Waals surface area contributed by atoms with E-state index in [1.54, 1.807) is 11.1 Å². The molecule has 4 heteroatoms. The first kappa shape index (κ1) is 9.33. The van der Waals surface area contributed by atoms with E-state index in [1.807, 2.05) is 0 Å². The first-order valence-corrected chi connectivity index (χ1v) is 4.78. The molecule has 12 heavy (non-hydrogen) atoms. The zero-order valence-corrected chi connectivity index (χ0v) is 7.37. The van der Waals surface area contributed by atoms with E-state index in [2.05, 4.69) is 24.3 Å². The van der Waals surface area contributed by atoms with Gasteiger partial charge in [-0.3, -0.25) is 0 Å². The Morgan fingerprint density at radius 3 is 1.58 bits per heavy atom. The normalized spacial score (nSPS) is 11.8. The van der Waals surface area contributed by atoms with E-state index in [4.69, 9.17) is 14.4 Å². The highest BCUT2D eigenvalue weighted by Crippen LogP contribution is 2.20. The lowest BCUT2D eigenvalue weighted by atomic mass is 9.89. The van der Waals surface area contributed by atoms with Crippen molar-refractivity contribution < 1.29 is 14.4 Å². The van der Waals surface area contributed by atoms with Gasteiger partial charge in [-0.25, -0.2) is 0 Å². The number of fused-ring (bicyclic) bond motifs is 1. The topological polar surface area (TPSA) is 57.5 Å². The molecule has 0 spiro atoms. The van der Waals surface area contributed by atoms with Crippen molar-refractivity contribution in [3.05, 3.63) is 35.4 Å². The highest BCUT2D eigenvalue weighted by Gasteiger charge is 2.09. The third-order valence-electron chi connectivity index (χ3n) is 1.78. The van der Waals surface area contributed by atoms with Gasteiger partial charge < -0.3 is 0 Å². The maximum absolute atomic E-state index is 8.70. The molecule has 0 saturated carbocycles. The van der Waals surface area contributed by atoms with Crippen LogP contribution < -0.4 is 0 Å². The lowest BCUT2D eigenvalue weighted by Gasteiger charge is -2.16. The maximum atomic E-state index is 8.70. The van der Waals surface area contributed by atoms with Crippen LogP contribution in [0.3, 0.4) is 0 Å². The molecule has 0 amide bonds. The number of benzene rings is 1. The molecule has 0 saturated heterocycles. The van der Waals surface area contributed by atoms with Crippen molar-refractivity contribution in [3.8, 4) is 0 Å². The lowest BCUT2D eigenvalue weighted by molar-refractivity contribution is 0.405. The third kappa shape index (κ3) is 2.70. The zero-order valence-electron chi connectivity index (χ0n) is 6.47. The second kappa shape index (κ2) is 4.31. The Morgan fingerprint density at radius 1 is 1.08 bits per heavy atom. The third-order valence-corrected chi connectivity index (χ3v) is 1.78. The van der Waals surface area contributed by atoms with E-state index in [1.165, 1.54) is 12.8 Å². The summed E-state index contributed by atoms with van der Waals surface area (Å²) >= 11 is 0. The van der Waals surface area contributed by atoms with Crippen LogP contribution in [0.1, 0.15) is 11.1 Å². The van der Waals surface area contributed by atoms with E-state index < -0.39 is 8.25 Å². The van der Waals surface area contributed by atoms with Crippen molar-refractivity contribution in [2.24, 2.45) is 0 Å². The van der Waals surface area contributed by atoms with Crippen molar-refractivity contribution >= 4 is 8.25 Å². The molecule has 1 aromatic rings. The van der Waals surface area contributed by atoms with Crippen molar-refractivity contribution in [2.45, 2.75) is 12.8 Å². The van der Waals surface area contributed by atoms with Crippen molar-refractivity contribution in [3.63, 3.8) is 0 Å². The van der Waals surface area contributed by atoms with E-state index in [9.17, 15) is 0 Å². The Hall–Kier alpha value is -0.760. The van der Waals surface area contributed by atoms with Gasteiger partial charge in [-0.15, -0.1) is 9.79 Å². The minimum atomic E-state index is -2.87. The van der Waals surface area contributed by atoms with Gasteiger partial charge in [0.25, 0.3) is 0 Å². The number of aryl methyl sites for hydroxylation is 2. The molecule has 1 aliphatic rings. The van der Waals surface area contributed by atoms with Crippen LogP contribution in [0.5, 0.6) is 0 Å². The molecule has 1 aliphatic carbocycles. The predicted molar refractivity (Wildman–Crippen MR) is 45.9 cm³/mol. The van der Waals surface area contributed by atoms with Gasteiger partial charge >= 0.3 is 8.25 Å². The summed E-state index contributed by atoms with van der Waals surface area (Å²) < 4.78 is 8.70. The summed E-state index contributed by atoms with van der Waals surface area (Å²) in [4.78, 5) is 14.2. The quantitative estimate of drug-likeness (QED) is 0.601. The molecule has 3 nitrogen and oxygen atoms in total. The molecule has 0 bridgehead atoms. The standard InChI is InChI=1S/C8H8.HO3P/c1-2-4-8-6-5-7(8)3-1;1-4(2)3/h1-4H,5-6H2;(H-,1,2,3)/p+1. The number of hydrogen-bond donors (Lipinski definition) is 2. The van der Waals surface area contributed by atoms with Gasteiger partial charge in [0.1, 0.15) is 0 Å². The minimum Gasteiger partial charge on any atom is -0.134 e. The monoisotopic (exact) mass is 185 g/mol. The fourth-order valence-corrected chi connectivity index (χ4v) is 1.14. The largest absolute Gasteiger partial charge is 0.692 e. The average Bonchev–Trinajstić information content (AvgIpc) is 1.90. The summed E-state index contributed by atoms with van der Waals surface area (Å²) in [6, 6.07) is 8.63. The Balaban J connectivity index is 0.000000157. The van der Waals surface area contributed by atoms with Crippen LogP contribution in [-0.4, -0.2) is 9.79 Å². The second-order valence-corrected chi connectivity index (χ2v) is 3.03. The van der Waals surface area contributed by atoms with E-state index in [0.29, 0.717) is 0 Å². The van der Waals surface area contributed by atoms with Gasteiger partial charge in [-0.05, 0) is 24.0 Å². The molecule has 2 N–H and O–H groups in total. The van der Waals surface area contributed by atoms with E-state index in [-0.39, 0.29) is 0 Å². The molecule has 0 fully saturated rings. The fourth-order valence-electron chi connectivity index (χ4n) is 1.14. The predicted octanol–water partition coefficient (Wildman–Crippen LogP) is 1.41. The number of hydrogen-bond acceptors (Lipinski definition) is 1. The average molecular weight is 185 g/mol. The summed E-state index contributed by atoms with van der Waals surface area (Å²) in [6.45, 7) is 0. The smallest absolute Gasteiger partial charge is 0.134 e. The van der Waals surface area contributed by atoms with Gasteiger partial charge in [0.05, 0.1) is 0 Å². The fraction of sp³-hybridized carbons (Fsp3) is 0.250. The Morgan fingerprint density at radius 2 is 1.42 bits per heavy atom. The van der Waals surface area contributed by atoms with E-state index >= 15 is 0 Å². The van der Waals surface area contributed by atoms with Crippen LogP contribution in [0, 0.1) is 0 Å². The van der Waals surface area contributed by atoms with Crippen LogP contribution in [0.2, 0.25) is 0 Å². The van der Waals surface area contributed by atoms with Crippen LogP contribution in [0.4, 0.5) is 0 Å². The van der Waals surface area contributed by atoms with Crippen LogP contribution >= 0.6 is 8.25 Å². The molecule has 0 unspecified atom stereocenters. The Bertz CT molecular complexity index is 258. The van der Waals surface area contributed by atoms with E-state index in [0.717, 1.165) is 0 Å². The lowest BCUT2D eigenvalue weighted by Crippen LogP contribution is -2.06. The van der Waals surface area contributed by atoms with Crippen molar-refractivity contribution in [2.75, 3.05) is 0 Å². The molecule has 1 aromatic carbocycles. The molecule has 2 rings (SSSR count). The first-order chi connectivity index (χ1) is 5.70. The Kier molecular flexibility index (Phi) is 3.35. The number of rotatable bonds is 0. The van der Waals surface area contributed by atoms with Gasteiger partial charge in [0.15, 0.2) is 0 Å². The zero-order chi connectivity index (χ0) is 8.97. The van der Waals surface area contributed by atoms with Crippen LogP contribution in [0.15, 0.2) is 24.3 Å².